The lowest BCUT2D eigenvalue weighted by Crippen LogP contribution is -2.52. The molecule has 0 saturated heterocycles. The van der Waals surface area contributed by atoms with Gasteiger partial charge in [0.25, 0.3) is 5.91 Å². The summed E-state index contributed by atoms with van der Waals surface area (Å²) in [5.74, 6) is -1.79. The van der Waals surface area contributed by atoms with E-state index in [1.165, 1.54) is 0 Å². The maximum atomic E-state index is 12.7. The number of aliphatic hydroxyl groups is 3. The molecule has 0 bridgehead atoms. The van der Waals surface area contributed by atoms with Gasteiger partial charge >= 0.3 is 6.18 Å². The minimum absolute atomic E-state index is 0.0794. The van der Waals surface area contributed by atoms with E-state index >= 15 is 0 Å². The monoisotopic (exact) mass is 448 g/mol. The summed E-state index contributed by atoms with van der Waals surface area (Å²) in [4.78, 5) is 11.4. The number of alkyl halides is 3. The number of amides is 1. The highest BCUT2D eigenvalue weighted by Crippen LogP contribution is 2.33. The molecule has 0 spiro atoms. The molecule has 1 amide bonds. The molecular formula is C15H20ClF3N2O6S. The Labute approximate surface area is 164 Å². The Balaban J connectivity index is 3.13. The van der Waals surface area contributed by atoms with Crippen LogP contribution in [0, 0.1) is 0 Å². The zero-order valence-electron chi connectivity index (χ0n) is 14.7. The van der Waals surface area contributed by atoms with E-state index in [4.69, 9.17) is 21.8 Å². The highest BCUT2D eigenvalue weighted by Gasteiger charge is 2.55. The van der Waals surface area contributed by atoms with E-state index in [1.807, 2.05) is 0 Å². The third-order valence-corrected chi connectivity index (χ3v) is 5.94. The van der Waals surface area contributed by atoms with Crippen LogP contribution in [0.5, 0.6) is 0 Å². The third kappa shape index (κ3) is 5.55. The van der Waals surface area contributed by atoms with Crippen molar-refractivity contribution in [1.82, 2.24) is 4.31 Å². The molecule has 13 heteroatoms. The van der Waals surface area contributed by atoms with E-state index in [0.717, 1.165) is 22.5 Å². The Kier molecular flexibility index (Phi) is 8.23. The van der Waals surface area contributed by atoms with Crippen LogP contribution >= 0.6 is 11.6 Å². The van der Waals surface area contributed by atoms with Gasteiger partial charge < -0.3 is 20.6 Å². The average Bonchev–Trinajstić information content (AvgIpc) is 2.58. The number of aliphatic hydroxyl groups excluding tert-OH is 2. The van der Waals surface area contributed by atoms with Gasteiger partial charge in [0.05, 0.1) is 22.2 Å². The highest BCUT2D eigenvalue weighted by atomic mass is 35.5. The van der Waals surface area contributed by atoms with Crippen LogP contribution < -0.4 is 5.32 Å². The Hall–Kier alpha value is -1.44. The average molecular weight is 449 g/mol. The van der Waals surface area contributed by atoms with Crippen molar-refractivity contribution in [3.63, 3.8) is 0 Å². The third-order valence-electron chi connectivity index (χ3n) is 3.74. The number of sulfonamides is 1. The quantitative estimate of drug-likeness (QED) is 0.445. The number of nitrogens with zero attached hydrogens (tertiary/aromatic N) is 1. The predicted octanol–water partition coefficient (Wildman–Crippen LogP) is 0.957. The molecule has 1 rings (SSSR count). The predicted molar refractivity (Wildman–Crippen MR) is 94.3 cm³/mol. The summed E-state index contributed by atoms with van der Waals surface area (Å²) in [5, 5.41) is 28.7. The van der Waals surface area contributed by atoms with Crippen LogP contribution in [0.1, 0.15) is 13.3 Å². The number of rotatable bonds is 9. The van der Waals surface area contributed by atoms with Crippen molar-refractivity contribution in [2.45, 2.75) is 30.0 Å². The van der Waals surface area contributed by atoms with Gasteiger partial charge in [0.15, 0.2) is 0 Å². The molecule has 1 unspecified atom stereocenters. The molecule has 0 aromatic heterocycles. The lowest BCUT2D eigenvalue weighted by molar-refractivity contribution is -0.242. The maximum absolute atomic E-state index is 12.7. The van der Waals surface area contributed by atoms with E-state index < -0.39 is 34.3 Å². The Morgan fingerprint density at radius 1 is 1.21 bits per heavy atom. The van der Waals surface area contributed by atoms with Crippen LogP contribution in [-0.4, -0.2) is 72.0 Å². The second-order valence-electron chi connectivity index (χ2n) is 5.87. The SMILES string of the molecule is CC(O)(C(=O)Nc1ccc(S(=O)(=O)N(CCO)CCCO)cc1Cl)C(F)(F)F. The van der Waals surface area contributed by atoms with Crippen LogP contribution in [-0.2, 0) is 14.8 Å². The Morgan fingerprint density at radius 2 is 1.82 bits per heavy atom. The van der Waals surface area contributed by atoms with E-state index in [-0.39, 0.29) is 48.6 Å². The van der Waals surface area contributed by atoms with Gasteiger partial charge in [-0.15, -0.1) is 0 Å². The topological polar surface area (TPSA) is 127 Å². The van der Waals surface area contributed by atoms with Crippen molar-refractivity contribution < 1.29 is 41.7 Å². The minimum atomic E-state index is -5.23. The van der Waals surface area contributed by atoms with E-state index in [0.29, 0.717) is 0 Å². The summed E-state index contributed by atoms with van der Waals surface area (Å²) in [7, 11) is -4.12. The molecular weight excluding hydrogens is 429 g/mol. The summed E-state index contributed by atoms with van der Waals surface area (Å²) < 4.78 is 64.2. The van der Waals surface area contributed by atoms with Crippen LogP contribution in [0.3, 0.4) is 0 Å². The van der Waals surface area contributed by atoms with Gasteiger partial charge in [0.1, 0.15) is 0 Å². The van der Waals surface area contributed by atoms with Crippen molar-refractivity contribution in [2.75, 3.05) is 31.6 Å². The number of benzene rings is 1. The summed E-state index contributed by atoms with van der Waals surface area (Å²) in [6.45, 7) is -0.804. The van der Waals surface area contributed by atoms with Gasteiger partial charge in [0, 0.05) is 19.7 Å². The molecule has 0 saturated carbocycles. The molecule has 0 radical (unpaired) electrons. The summed E-state index contributed by atoms with van der Waals surface area (Å²) in [5.41, 5.74) is -4.01. The smallest absolute Gasteiger partial charge is 0.396 e. The Bertz CT molecular complexity index is 801. The molecule has 0 heterocycles. The van der Waals surface area contributed by atoms with Gasteiger partial charge in [-0.05, 0) is 31.5 Å². The molecule has 1 atom stereocenters. The molecule has 0 aliphatic heterocycles. The number of halogens is 4. The number of nitrogens with one attached hydrogen (secondary N) is 1. The number of carbonyl (C=O) groups excluding carboxylic acids is 1. The fourth-order valence-electron chi connectivity index (χ4n) is 1.99. The van der Waals surface area contributed by atoms with Crippen molar-refractivity contribution in [1.29, 1.82) is 0 Å². The van der Waals surface area contributed by atoms with E-state index in [2.05, 4.69) is 0 Å². The maximum Gasteiger partial charge on any atom is 0.426 e. The molecule has 1 aromatic rings. The van der Waals surface area contributed by atoms with Crippen LogP contribution in [0.25, 0.3) is 0 Å². The second kappa shape index (κ2) is 9.37. The zero-order chi connectivity index (χ0) is 21.8. The molecule has 0 aliphatic rings. The van der Waals surface area contributed by atoms with Crippen LogP contribution in [0.4, 0.5) is 18.9 Å². The summed E-state index contributed by atoms with van der Waals surface area (Å²) >= 11 is 5.88. The first-order chi connectivity index (χ1) is 12.8. The lowest BCUT2D eigenvalue weighted by Gasteiger charge is -2.25. The molecule has 4 N–H and O–H groups in total. The minimum Gasteiger partial charge on any atom is -0.396 e. The van der Waals surface area contributed by atoms with Gasteiger partial charge in [-0.1, -0.05) is 11.6 Å². The number of anilines is 1. The Morgan fingerprint density at radius 3 is 2.29 bits per heavy atom. The second-order valence-corrected chi connectivity index (χ2v) is 8.22. The fourth-order valence-corrected chi connectivity index (χ4v) is 3.78. The summed E-state index contributed by atoms with van der Waals surface area (Å²) in [6, 6.07) is 2.89. The molecule has 160 valence electrons. The first-order valence-corrected chi connectivity index (χ1v) is 9.72. The number of hydrogen-bond donors (Lipinski definition) is 4. The van der Waals surface area contributed by atoms with Crippen molar-refractivity contribution in [2.24, 2.45) is 0 Å². The van der Waals surface area contributed by atoms with Crippen molar-refractivity contribution in [3.05, 3.63) is 23.2 Å². The largest absolute Gasteiger partial charge is 0.426 e. The van der Waals surface area contributed by atoms with Crippen LogP contribution in [0.2, 0.25) is 5.02 Å². The zero-order valence-corrected chi connectivity index (χ0v) is 16.3. The normalized spacial score (nSPS) is 14.8. The highest BCUT2D eigenvalue weighted by molar-refractivity contribution is 7.89. The van der Waals surface area contributed by atoms with Crippen molar-refractivity contribution in [3.8, 4) is 0 Å². The fraction of sp³-hybridized carbons (Fsp3) is 0.533. The van der Waals surface area contributed by atoms with E-state index in [9.17, 15) is 31.5 Å². The van der Waals surface area contributed by atoms with Crippen LogP contribution in [0.15, 0.2) is 23.1 Å². The van der Waals surface area contributed by atoms with Gasteiger partial charge in [-0.2, -0.15) is 17.5 Å². The molecule has 0 fully saturated rings. The first-order valence-electron chi connectivity index (χ1n) is 7.91. The van der Waals surface area contributed by atoms with Gasteiger partial charge in [-0.25, -0.2) is 8.42 Å². The molecule has 0 aliphatic carbocycles. The number of carbonyl (C=O) groups is 1. The van der Waals surface area contributed by atoms with E-state index in [1.54, 1.807) is 5.32 Å². The summed E-state index contributed by atoms with van der Waals surface area (Å²) in [6.07, 6.45) is -5.11. The number of hydrogen-bond acceptors (Lipinski definition) is 6. The molecule has 28 heavy (non-hydrogen) atoms. The lowest BCUT2D eigenvalue weighted by atomic mass is 10.1. The standard InChI is InChI=1S/C15H20ClF3N2O6S/c1-14(25,15(17,18)19)13(24)20-12-4-3-10(9-11(12)16)28(26,27)21(6-8-23)5-2-7-22/h3-4,9,22-23,25H,2,5-8H2,1H3,(H,20,24). The van der Waals surface area contributed by atoms with Crippen molar-refractivity contribution >= 4 is 33.2 Å². The molecule has 8 nitrogen and oxygen atoms in total. The first kappa shape index (κ1) is 24.6. The molecule has 1 aromatic carbocycles. The van der Waals surface area contributed by atoms with Gasteiger partial charge in [0.2, 0.25) is 15.6 Å². The van der Waals surface area contributed by atoms with Gasteiger partial charge in [-0.3, -0.25) is 4.79 Å².